The van der Waals surface area contributed by atoms with Crippen molar-refractivity contribution < 1.29 is 0 Å². The standard InChI is InChI=1S/C18H30N2/c1-4-7-10-17-11-9-12-18(16-17)20(6-3)15-14-19-13-8-5-2/h5,9,11-12,16,19H,2,4,6-8,10,13-15H2,1,3H3. The summed E-state index contributed by atoms with van der Waals surface area (Å²) in [6.07, 6.45) is 6.73. The number of hydrogen-bond donors (Lipinski definition) is 1. The zero-order chi connectivity index (χ0) is 14.6. The van der Waals surface area contributed by atoms with E-state index in [1.807, 2.05) is 6.08 Å². The first-order chi connectivity index (χ1) is 9.81. The summed E-state index contributed by atoms with van der Waals surface area (Å²) in [4.78, 5) is 2.44. The summed E-state index contributed by atoms with van der Waals surface area (Å²) >= 11 is 0. The molecule has 1 rings (SSSR count). The van der Waals surface area contributed by atoms with Crippen LogP contribution >= 0.6 is 0 Å². The van der Waals surface area contributed by atoms with E-state index in [0.717, 1.165) is 32.6 Å². The zero-order valence-electron chi connectivity index (χ0n) is 13.2. The van der Waals surface area contributed by atoms with Crippen LogP contribution in [0.3, 0.4) is 0 Å². The zero-order valence-corrected chi connectivity index (χ0v) is 13.2. The predicted octanol–water partition coefficient (Wildman–Crippen LogP) is 4.02. The fourth-order valence-electron chi connectivity index (χ4n) is 2.30. The Hall–Kier alpha value is -1.28. The first kappa shape index (κ1) is 16.8. The fraction of sp³-hybridized carbons (Fsp3) is 0.556. The highest BCUT2D eigenvalue weighted by Crippen LogP contribution is 2.17. The van der Waals surface area contributed by atoms with Crippen LogP contribution in [-0.4, -0.2) is 26.2 Å². The maximum atomic E-state index is 3.74. The van der Waals surface area contributed by atoms with Gasteiger partial charge in [0.15, 0.2) is 0 Å². The molecule has 1 N–H and O–H groups in total. The molecular formula is C18H30N2. The molecule has 0 atom stereocenters. The second-order valence-electron chi connectivity index (χ2n) is 5.18. The van der Waals surface area contributed by atoms with Gasteiger partial charge in [0.05, 0.1) is 0 Å². The third-order valence-electron chi connectivity index (χ3n) is 3.56. The maximum absolute atomic E-state index is 3.74. The van der Waals surface area contributed by atoms with Crippen LogP contribution in [-0.2, 0) is 6.42 Å². The molecule has 2 heteroatoms. The number of hydrogen-bond acceptors (Lipinski definition) is 2. The van der Waals surface area contributed by atoms with Crippen molar-refractivity contribution in [1.82, 2.24) is 5.32 Å². The van der Waals surface area contributed by atoms with Gasteiger partial charge in [-0.05, 0) is 50.4 Å². The van der Waals surface area contributed by atoms with Gasteiger partial charge in [-0.15, -0.1) is 6.58 Å². The van der Waals surface area contributed by atoms with Crippen LogP contribution in [0.25, 0.3) is 0 Å². The van der Waals surface area contributed by atoms with Crippen molar-refractivity contribution in [2.75, 3.05) is 31.1 Å². The summed E-state index contributed by atoms with van der Waals surface area (Å²) in [7, 11) is 0. The van der Waals surface area contributed by atoms with Crippen LogP contribution in [0.5, 0.6) is 0 Å². The minimum atomic E-state index is 1.03. The van der Waals surface area contributed by atoms with E-state index >= 15 is 0 Å². The molecule has 0 heterocycles. The number of likely N-dealkylation sites (N-methyl/N-ethyl adjacent to an activating group) is 1. The van der Waals surface area contributed by atoms with Gasteiger partial charge in [0.2, 0.25) is 0 Å². The summed E-state index contributed by atoms with van der Waals surface area (Å²) in [6, 6.07) is 9.01. The van der Waals surface area contributed by atoms with E-state index in [2.05, 4.69) is 54.9 Å². The number of rotatable bonds is 11. The molecule has 0 saturated heterocycles. The number of nitrogens with one attached hydrogen (secondary N) is 1. The Morgan fingerprint density at radius 1 is 1.25 bits per heavy atom. The molecule has 0 aliphatic rings. The molecule has 0 bridgehead atoms. The normalized spacial score (nSPS) is 10.5. The van der Waals surface area contributed by atoms with E-state index in [1.165, 1.54) is 30.5 Å². The predicted molar refractivity (Wildman–Crippen MR) is 90.6 cm³/mol. The van der Waals surface area contributed by atoms with E-state index in [9.17, 15) is 0 Å². The highest BCUT2D eigenvalue weighted by atomic mass is 15.1. The van der Waals surface area contributed by atoms with Crippen LogP contribution in [0.4, 0.5) is 5.69 Å². The van der Waals surface area contributed by atoms with Gasteiger partial charge < -0.3 is 10.2 Å². The van der Waals surface area contributed by atoms with E-state index in [-0.39, 0.29) is 0 Å². The van der Waals surface area contributed by atoms with Crippen molar-refractivity contribution in [3.63, 3.8) is 0 Å². The summed E-state index contributed by atoms with van der Waals surface area (Å²) in [5.41, 5.74) is 2.81. The lowest BCUT2D eigenvalue weighted by atomic mass is 10.1. The van der Waals surface area contributed by atoms with E-state index in [1.54, 1.807) is 0 Å². The molecule has 0 aliphatic carbocycles. The van der Waals surface area contributed by atoms with Crippen molar-refractivity contribution in [2.24, 2.45) is 0 Å². The summed E-state index contributed by atoms with van der Waals surface area (Å²) in [5.74, 6) is 0. The highest BCUT2D eigenvalue weighted by molar-refractivity contribution is 5.48. The monoisotopic (exact) mass is 274 g/mol. The summed E-state index contributed by atoms with van der Waals surface area (Å²) < 4.78 is 0. The van der Waals surface area contributed by atoms with Crippen LogP contribution in [0.1, 0.15) is 38.7 Å². The number of aryl methyl sites for hydroxylation is 1. The number of benzene rings is 1. The van der Waals surface area contributed by atoms with Crippen LogP contribution < -0.4 is 10.2 Å². The molecule has 1 aromatic rings. The van der Waals surface area contributed by atoms with Gasteiger partial charge in [-0.3, -0.25) is 0 Å². The SMILES string of the molecule is C=CCCNCCN(CC)c1cccc(CCCC)c1. The number of unbranched alkanes of at least 4 members (excludes halogenated alkanes) is 1. The summed E-state index contributed by atoms with van der Waals surface area (Å²) in [6.45, 7) is 12.4. The van der Waals surface area contributed by atoms with Crippen molar-refractivity contribution in [1.29, 1.82) is 0 Å². The van der Waals surface area contributed by atoms with Gasteiger partial charge in [0, 0.05) is 25.3 Å². The molecule has 0 fully saturated rings. The molecular weight excluding hydrogens is 244 g/mol. The van der Waals surface area contributed by atoms with Crippen molar-refractivity contribution in [2.45, 2.75) is 39.5 Å². The molecule has 2 nitrogen and oxygen atoms in total. The van der Waals surface area contributed by atoms with Crippen LogP contribution in [0.2, 0.25) is 0 Å². The van der Waals surface area contributed by atoms with Crippen molar-refractivity contribution in [3.8, 4) is 0 Å². The van der Waals surface area contributed by atoms with Gasteiger partial charge in [-0.2, -0.15) is 0 Å². The van der Waals surface area contributed by atoms with Gasteiger partial charge in [0.25, 0.3) is 0 Å². The third kappa shape index (κ3) is 6.25. The number of anilines is 1. The highest BCUT2D eigenvalue weighted by Gasteiger charge is 2.04. The first-order valence-corrected chi connectivity index (χ1v) is 7.97. The minimum absolute atomic E-state index is 1.03. The van der Waals surface area contributed by atoms with Crippen LogP contribution in [0.15, 0.2) is 36.9 Å². The Bertz CT molecular complexity index is 373. The van der Waals surface area contributed by atoms with Gasteiger partial charge >= 0.3 is 0 Å². The molecule has 0 saturated carbocycles. The molecule has 0 spiro atoms. The smallest absolute Gasteiger partial charge is 0.0369 e. The summed E-state index contributed by atoms with van der Waals surface area (Å²) in [5, 5.41) is 3.46. The average Bonchev–Trinajstić information content (AvgIpc) is 2.49. The Morgan fingerprint density at radius 3 is 2.80 bits per heavy atom. The van der Waals surface area contributed by atoms with Crippen molar-refractivity contribution >= 4 is 5.69 Å². The molecule has 20 heavy (non-hydrogen) atoms. The Balaban J connectivity index is 2.48. The topological polar surface area (TPSA) is 15.3 Å². The van der Waals surface area contributed by atoms with Crippen molar-refractivity contribution in [3.05, 3.63) is 42.5 Å². The van der Waals surface area contributed by atoms with E-state index < -0.39 is 0 Å². The van der Waals surface area contributed by atoms with Crippen LogP contribution in [0, 0.1) is 0 Å². The molecule has 112 valence electrons. The second-order valence-corrected chi connectivity index (χ2v) is 5.18. The Kier molecular flexibility index (Phi) is 8.81. The third-order valence-corrected chi connectivity index (χ3v) is 3.56. The largest absolute Gasteiger partial charge is 0.371 e. The minimum Gasteiger partial charge on any atom is -0.371 e. The lowest BCUT2D eigenvalue weighted by Gasteiger charge is -2.24. The lowest BCUT2D eigenvalue weighted by molar-refractivity contribution is 0.668. The van der Waals surface area contributed by atoms with Gasteiger partial charge in [-0.1, -0.05) is 31.6 Å². The maximum Gasteiger partial charge on any atom is 0.0369 e. The first-order valence-electron chi connectivity index (χ1n) is 7.97. The molecule has 0 amide bonds. The molecule has 1 aromatic carbocycles. The lowest BCUT2D eigenvalue weighted by Crippen LogP contribution is -2.32. The quantitative estimate of drug-likeness (QED) is 0.484. The molecule has 0 aromatic heterocycles. The van der Waals surface area contributed by atoms with E-state index in [0.29, 0.717) is 0 Å². The fourth-order valence-corrected chi connectivity index (χ4v) is 2.30. The Morgan fingerprint density at radius 2 is 2.10 bits per heavy atom. The van der Waals surface area contributed by atoms with E-state index in [4.69, 9.17) is 0 Å². The van der Waals surface area contributed by atoms with Gasteiger partial charge in [-0.25, -0.2) is 0 Å². The number of nitrogens with zero attached hydrogens (tertiary/aromatic N) is 1. The second kappa shape index (κ2) is 10.5. The molecule has 0 aliphatic heterocycles. The molecule has 0 unspecified atom stereocenters. The van der Waals surface area contributed by atoms with Gasteiger partial charge in [0.1, 0.15) is 0 Å². The Labute approximate surface area is 124 Å². The molecule has 0 radical (unpaired) electrons. The average molecular weight is 274 g/mol.